The monoisotopic (exact) mass is 301 g/mol. The van der Waals surface area contributed by atoms with Gasteiger partial charge in [0.2, 0.25) is 11.8 Å². The Balaban J connectivity index is 1.64. The highest BCUT2D eigenvalue weighted by Gasteiger charge is 2.26. The van der Waals surface area contributed by atoms with Crippen LogP contribution in [0.3, 0.4) is 0 Å². The Morgan fingerprint density at radius 2 is 2.05 bits per heavy atom. The molecule has 1 aromatic carbocycles. The van der Waals surface area contributed by atoms with E-state index in [2.05, 4.69) is 10.3 Å². The molecule has 22 heavy (non-hydrogen) atoms. The summed E-state index contributed by atoms with van der Waals surface area (Å²) >= 11 is 0. The van der Waals surface area contributed by atoms with Gasteiger partial charge in [-0.25, -0.2) is 4.98 Å². The van der Waals surface area contributed by atoms with Gasteiger partial charge in [-0.05, 0) is 25.0 Å². The van der Waals surface area contributed by atoms with Crippen molar-refractivity contribution in [1.29, 1.82) is 0 Å². The van der Waals surface area contributed by atoms with Crippen molar-refractivity contribution in [2.75, 3.05) is 18.4 Å². The fourth-order valence-electron chi connectivity index (χ4n) is 2.82. The summed E-state index contributed by atoms with van der Waals surface area (Å²) in [5, 5.41) is 2.93. The number of rotatable bonds is 2. The molecular weight excluding hydrogens is 282 g/mol. The molecule has 6 nitrogen and oxygen atoms in total. The van der Waals surface area contributed by atoms with Crippen molar-refractivity contribution in [2.45, 2.75) is 26.7 Å². The molecule has 1 aromatic heterocycles. The normalized spacial score (nSPS) is 16.0. The molecule has 2 heterocycles. The van der Waals surface area contributed by atoms with E-state index in [1.165, 1.54) is 0 Å². The molecule has 0 bridgehead atoms. The van der Waals surface area contributed by atoms with E-state index in [-0.39, 0.29) is 17.7 Å². The van der Waals surface area contributed by atoms with Gasteiger partial charge in [-0.2, -0.15) is 0 Å². The van der Waals surface area contributed by atoms with Gasteiger partial charge in [-0.1, -0.05) is 0 Å². The Hall–Kier alpha value is -2.37. The highest BCUT2D eigenvalue weighted by atomic mass is 16.3. The standard InChI is InChI=1S/C16H19N3O3/c1-10-17-14-4-3-13(9-15(14)22-10)18-16(21)12-5-7-19(8-6-12)11(2)20/h3-4,9,12H,5-8H2,1-2H3,(H,18,21). The van der Waals surface area contributed by atoms with E-state index in [9.17, 15) is 9.59 Å². The van der Waals surface area contributed by atoms with Gasteiger partial charge in [0, 0.05) is 44.6 Å². The molecule has 0 aliphatic carbocycles. The third-order valence-corrected chi connectivity index (χ3v) is 4.07. The molecule has 0 spiro atoms. The van der Waals surface area contributed by atoms with Crippen molar-refractivity contribution in [3.63, 3.8) is 0 Å². The first-order chi connectivity index (χ1) is 10.5. The molecule has 2 amide bonds. The number of nitrogens with zero attached hydrogens (tertiary/aromatic N) is 2. The van der Waals surface area contributed by atoms with E-state index in [0.29, 0.717) is 43.1 Å². The fraction of sp³-hybridized carbons (Fsp3) is 0.438. The minimum Gasteiger partial charge on any atom is -0.441 e. The SMILES string of the molecule is CC(=O)N1CCC(C(=O)Nc2ccc3nc(C)oc3c2)CC1. The number of aryl methyl sites for hydroxylation is 1. The third-order valence-electron chi connectivity index (χ3n) is 4.07. The highest BCUT2D eigenvalue weighted by molar-refractivity contribution is 5.94. The summed E-state index contributed by atoms with van der Waals surface area (Å²) in [4.78, 5) is 29.6. The lowest BCUT2D eigenvalue weighted by molar-refractivity contribution is -0.132. The molecule has 1 N–H and O–H groups in total. The van der Waals surface area contributed by atoms with Gasteiger partial charge in [-0.3, -0.25) is 9.59 Å². The summed E-state index contributed by atoms with van der Waals surface area (Å²) in [6.07, 6.45) is 1.41. The van der Waals surface area contributed by atoms with Crippen LogP contribution in [0.1, 0.15) is 25.7 Å². The van der Waals surface area contributed by atoms with Gasteiger partial charge in [0.15, 0.2) is 11.5 Å². The Morgan fingerprint density at radius 3 is 2.73 bits per heavy atom. The third kappa shape index (κ3) is 2.95. The predicted molar refractivity (Wildman–Crippen MR) is 82.4 cm³/mol. The number of hydrogen-bond acceptors (Lipinski definition) is 4. The average Bonchev–Trinajstić information content (AvgIpc) is 2.86. The van der Waals surface area contributed by atoms with E-state index >= 15 is 0 Å². The van der Waals surface area contributed by atoms with Crippen molar-refractivity contribution < 1.29 is 14.0 Å². The second kappa shape index (κ2) is 5.79. The number of carbonyl (C=O) groups is 2. The predicted octanol–water partition coefficient (Wildman–Crippen LogP) is 2.33. The number of amides is 2. The smallest absolute Gasteiger partial charge is 0.227 e. The number of aromatic nitrogens is 1. The zero-order valence-corrected chi connectivity index (χ0v) is 12.8. The van der Waals surface area contributed by atoms with Gasteiger partial charge >= 0.3 is 0 Å². The van der Waals surface area contributed by atoms with Crippen molar-refractivity contribution in [2.24, 2.45) is 5.92 Å². The lowest BCUT2D eigenvalue weighted by atomic mass is 9.96. The molecule has 6 heteroatoms. The summed E-state index contributed by atoms with van der Waals surface area (Å²) in [7, 11) is 0. The Kier molecular flexibility index (Phi) is 3.83. The van der Waals surface area contributed by atoms with Crippen molar-refractivity contribution in [3.05, 3.63) is 24.1 Å². The summed E-state index contributed by atoms with van der Waals surface area (Å²) < 4.78 is 5.47. The van der Waals surface area contributed by atoms with Crippen LogP contribution in [-0.4, -0.2) is 34.8 Å². The van der Waals surface area contributed by atoms with Crippen LogP contribution in [0, 0.1) is 12.8 Å². The van der Waals surface area contributed by atoms with Crippen molar-refractivity contribution >= 4 is 28.6 Å². The summed E-state index contributed by atoms with van der Waals surface area (Å²) in [5.74, 6) is 0.627. The minimum absolute atomic E-state index is 0.00112. The summed E-state index contributed by atoms with van der Waals surface area (Å²) in [6, 6.07) is 5.45. The topological polar surface area (TPSA) is 75.4 Å². The molecule has 2 aromatic rings. The highest BCUT2D eigenvalue weighted by Crippen LogP contribution is 2.22. The zero-order chi connectivity index (χ0) is 15.7. The molecule has 0 saturated carbocycles. The number of carbonyl (C=O) groups excluding carboxylic acids is 2. The number of piperidine rings is 1. The maximum Gasteiger partial charge on any atom is 0.227 e. The second-order valence-corrected chi connectivity index (χ2v) is 5.68. The van der Waals surface area contributed by atoms with Crippen molar-refractivity contribution in [1.82, 2.24) is 9.88 Å². The summed E-state index contributed by atoms with van der Waals surface area (Å²) in [6.45, 7) is 4.65. The van der Waals surface area contributed by atoms with E-state index in [1.807, 2.05) is 12.1 Å². The Labute approximate surface area is 128 Å². The lowest BCUT2D eigenvalue weighted by Gasteiger charge is -2.30. The maximum absolute atomic E-state index is 12.3. The van der Waals surface area contributed by atoms with Gasteiger partial charge < -0.3 is 14.6 Å². The molecule has 0 radical (unpaired) electrons. The minimum atomic E-state index is -0.0530. The van der Waals surface area contributed by atoms with E-state index < -0.39 is 0 Å². The van der Waals surface area contributed by atoms with Crippen LogP contribution in [-0.2, 0) is 9.59 Å². The van der Waals surface area contributed by atoms with Gasteiger partial charge in [0.05, 0.1) is 0 Å². The largest absolute Gasteiger partial charge is 0.441 e. The van der Waals surface area contributed by atoms with Crippen molar-refractivity contribution in [3.8, 4) is 0 Å². The molecule has 116 valence electrons. The van der Waals surface area contributed by atoms with Gasteiger partial charge in [0.1, 0.15) is 5.52 Å². The van der Waals surface area contributed by atoms with Crippen LogP contribution in [0.5, 0.6) is 0 Å². The van der Waals surface area contributed by atoms with Crippen LogP contribution in [0.15, 0.2) is 22.6 Å². The van der Waals surface area contributed by atoms with Crippen LogP contribution in [0.4, 0.5) is 5.69 Å². The van der Waals surface area contributed by atoms with Crippen LogP contribution < -0.4 is 5.32 Å². The summed E-state index contributed by atoms with van der Waals surface area (Å²) in [5.41, 5.74) is 2.16. The van der Waals surface area contributed by atoms with Gasteiger partial charge in [-0.15, -0.1) is 0 Å². The fourth-order valence-corrected chi connectivity index (χ4v) is 2.82. The number of hydrogen-bond donors (Lipinski definition) is 1. The molecule has 1 aliphatic heterocycles. The first-order valence-corrected chi connectivity index (χ1v) is 7.46. The van der Waals surface area contributed by atoms with Crippen LogP contribution in [0.2, 0.25) is 0 Å². The number of benzene rings is 1. The molecule has 0 atom stereocenters. The lowest BCUT2D eigenvalue weighted by Crippen LogP contribution is -2.40. The molecule has 1 aliphatic rings. The first kappa shape index (κ1) is 14.6. The number of nitrogens with one attached hydrogen (secondary N) is 1. The Morgan fingerprint density at radius 1 is 1.32 bits per heavy atom. The molecular formula is C16H19N3O3. The molecule has 1 fully saturated rings. The molecule has 1 saturated heterocycles. The number of likely N-dealkylation sites (tertiary alicyclic amines) is 1. The second-order valence-electron chi connectivity index (χ2n) is 5.68. The van der Waals surface area contributed by atoms with E-state index in [1.54, 1.807) is 24.8 Å². The maximum atomic E-state index is 12.3. The zero-order valence-electron chi connectivity index (χ0n) is 12.8. The van der Waals surface area contributed by atoms with Gasteiger partial charge in [0.25, 0.3) is 0 Å². The number of fused-ring (bicyclic) bond motifs is 1. The quantitative estimate of drug-likeness (QED) is 0.923. The molecule has 3 rings (SSSR count). The average molecular weight is 301 g/mol. The molecule has 0 unspecified atom stereocenters. The van der Waals surface area contributed by atoms with E-state index in [4.69, 9.17) is 4.42 Å². The van der Waals surface area contributed by atoms with Crippen LogP contribution >= 0.6 is 0 Å². The van der Waals surface area contributed by atoms with Crippen LogP contribution in [0.25, 0.3) is 11.1 Å². The number of anilines is 1. The Bertz CT molecular complexity index is 714. The van der Waals surface area contributed by atoms with E-state index in [0.717, 1.165) is 5.52 Å². The first-order valence-electron chi connectivity index (χ1n) is 7.46. The number of oxazole rings is 1.